The maximum atomic E-state index is 11.9. The number of carbonyl (C=O) groups excluding carboxylic acids is 1. The molecule has 0 saturated carbocycles. The molecule has 1 aromatic carbocycles. The van der Waals surface area contributed by atoms with Gasteiger partial charge in [-0.1, -0.05) is 37.3 Å². The fourth-order valence-electron chi connectivity index (χ4n) is 1.93. The lowest BCUT2D eigenvalue weighted by molar-refractivity contribution is -0.137. The summed E-state index contributed by atoms with van der Waals surface area (Å²) >= 11 is 1.39. The second-order valence-corrected chi connectivity index (χ2v) is 6.02. The number of hydrogen-bond donors (Lipinski definition) is 2. The highest BCUT2D eigenvalue weighted by atomic mass is 32.1. The number of ether oxygens (including phenoxy) is 1. The molecule has 0 radical (unpaired) electrons. The first-order valence-electron chi connectivity index (χ1n) is 7.22. The summed E-state index contributed by atoms with van der Waals surface area (Å²) in [4.78, 5) is 28.1. The number of alkyl carbamates (subject to hydrolysis) is 1. The Labute approximate surface area is 138 Å². The van der Waals surface area contributed by atoms with Gasteiger partial charge < -0.3 is 15.2 Å². The Kier molecular flexibility index (Phi) is 6.10. The topological polar surface area (TPSA) is 88.5 Å². The van der Waals surface area contributed by atoms with Crippen LogP contribution in [0.2, 0.25) is 0 Å². The molecule has 0 fully saturated rings. The van der Waals surface area contributed by atoms with Crippen LogP contribution in [0.25, 0.3) is 0 Å². The van der Waals surface area contributed by atoms with Gasteiger partial charge in [0.2, 0.25) is 0 Å². The third-order valence-corrected chi connectivity index (χ3v) is 4.36. The Bertz CT molecular complexity index is 657. The van der Waals surface area contributed by atoms with E-state index >= 15 is 0 Å². The van der Waals surface area contributed by atoms with Gasteiger partial charge in [0.15, 0.2) is 0 Å². The predicted molar refractivity (Wildman–Crippen MR) is 86.2 cm³/mol. The molecule has 0 aliphatic rings. The molecule has 1 heterocycles. The molecule has 7 heteroatoms. The molecule has 1 atom stereocenters. The summed E-state index contributed by atoms with van der Waals surface area (Å²) < 4.78 is 5.13. The van der Waals surface area contributed by atoms with Crippen molar-refractivity contribution in [2.45, 2.75) is 32.4 Å². The zero-order valence-electron chi connectivity index (χ0n) is 12.7. The summed E-state index contributed by atoms with van der Waals surface area (Å²) in [6.45, 7) is 2.12. The van der Waals surface area contributed by atoms with Gasteiger partial charge in [-0.2, -0.15) is 0 Å². The van der Waals surface area contributed by atoms with Gasteiger partial charge in [-0.05, 0) is 12.0 Å². The van der Waals surface area contributed by atoms with Crippen molar-refractivity contribution >= 4 is 23.4 Å². The minimum absolute atomic E-state index is 0.130. The van der Waals surface area contributed by atoms with Crippen molar-refractivity contribution in [1.29, 1.82) is 0 Å². The van der Waals surface area contributed by atoms with Crippen LogP contribution in [-0.2, 0) is 22.6 Å². The van der Waals surface area contributed by atoms with Gasteiger partial charge in [0.1, 0.15) is 11.6 Å². The van der Waals surface area contributed by atoms with Crippen molar-refractivity contribution in [3.63, 3.8) is 0 Å². The number of carboxylic acids is 1. The standard InChI is InChI=1S/C16H18N2O4S/c1-2-12-9-17-15(23-12)13(8-14(19)20)18-16(21)22-10-11-6-4-3-5-7-11/h3-7,9,13H,2,8,10H2,1H3,(H,18,21)(H,19,20)/t13-/m1/s1. The zero-order chi connectivity index (χ0) is 16.7. The van der Waals surface area contributed by atoms with Gasteiger partial charge in [0.25, 0.3) is 0 Å². The molecular formula is C16H18N2O4S. The van der Waals surface area contributed by atoms with E-state index in [0.717, 1.165) is 16.9 Å². The van der Waals surface area contributed by atoms with Crippen molar-refractivity contribution in [2.24, 2.45) is 0 Å². The molecular weight excluding hydrogens is 316 g/mol. The predicted octanol–water partition coefficient (Wildman–Crippen LogP) is 3.15. The Morgan fingerprint density at radius 3 is 2.70 bits per heavy atom. The molecule has 0 spiro atoms. The van der Waals surface area contributed by atoms with Gasteiger partial charge in [0, 0.05) is 11.1 Å². The van der Waals surface area contributed by atoms with Crippen LogP contribution >= 0.6 is 11.3 Å². The smallest absolute Gasteiger partial charge is 0.408 e. The summed E-state index contributed by atoms with van der Waals surface area (Å²) in [5.41, 5.74) is 0.861. The molecule has 0 bridgehead atoms. The molecule has 0 unspecified atom stereocenters. The first kappa shape index (κ1) is 17.0. The molecule has 0 aliphatic carbocycles. The summed E-state index contributed by atoms with van der Waals surface area (Å²) in [6, 6.07) is 8.57. The molecule has 122 valence electrons. The largest absolute Gasteiger partial charge is 0.481 e. The monoisotopic (exact) mass is 334 g/mol. The number of rotatable bonds is 7. The van der Waals surface area contributed by atoms with Crippen molar-refractivity contribution in [1.82, 2.24) is 10.3 Å². The van der Waals surface area contributed by atoms with Crippen LogP contribution in [0, 0.1) is 0 Å². The number of aliphatic carboxylic acids is 1. The van der Waals surface area contributed by atoms with Crippen LogP contribution in [0.15, 0.2) is 36.5 Å². The fourth-order valence-corrected chi connectivity index (χ4v) is 2.84. The normalized spacial score (nSPS) is 11.7. The van der Waals surface area contributed by atoms with Crippen LogP contribution < -0.4 is 5.32 Å². The number of aryl methyl sites for hydroxylation is 1. The summed E-state index contributed by atoms with van der Waals surface area (Å²) in [5, 5.41) is 12.2. The van der Waals surface area contributed by atoms with E-state index < -0.39 is 18.1 Å². The van der Waals surface area contributed by atoms with E-state index in [1.807, 2.05) is 37.3 Å². The number of aromatic nitrogens is 1. The maximum Gasteiger partial charge on any atom is 0.408 e. The van der Waals surface area contributed by atoms with Gasteiger partial charge in [-0.25, -0.2) is 9.78 Å². The number of nitrogens with one attached hydrogen (secondary N) is 1. The third kappa shape index (κ3) is 5.37. The van der Waals surface area contributed by atoms with Crippen molar-refractivity contribution < 1.29 is 19.4 Å². The number of thiazole rings is 1. The minimum atomic E-state index is -1.01. The highest BCUT2D eigenvalue weighted by Crippen LogP contribution is 2.23. The van der Waals surface area contributed by atoms with E-state index in [9.17, 15) is 9.59 Å². The molecule has 2 aromatic rings. The Balaban J connectivity index is 1.96. The summed E-state index contributed by atoms with van der Waals surface area (Å²) in [6.07, 6.45) is 1.62. The second kappa shape index (κ2) is 8.28. The molecule has 2 N–H and O–H groups in total. The lowest BCUT2D eigenvalue weighted by atomic mass is 10.2. The van der Waals surface area contributed by atoms with Gasteiger partial charge >= 0.3 is 12.1 Å². The second-order valence-electron chi connectivity index (χ2n) is 4.87. The lowest BCUT2D eigenvalue weighted by Crippen LogP contribution is -2.30. The number of nitrogens with zero attached hydrogens (tertiary/aromatic N) is 1. The molecule has 6 nitrogen and oxygen atoms in total. The van der Waals surface area contributed by atoms with Crippen LogP contribution in [0.3, 0.4) is 0 Å². The van der Waals surface area contributed by atoms with Crippen LogP contribution in [0.4, 0.5) is 4.79 Å². The van der Waals surface area contributed by atoms with Crippen molar-refractivity contribution in [2.75, 3.05) is 0 Å². The molecule has 23 heavy (non-hydrogen) atoms. The highest BCUT2D eigenvalue weighted by Gasteiger charge is 2.22. The Hall–Kier alpha value is -2.41. The number of carboxylic acid groups (broad SMARTS) is 1. The van der Waals surface area contributed by atoms with Gasteiger partial charge in [0.05, 0.1) is 12.5 Å². The van der Waals surface area contributed by atoms with Gasteiger partial charge in [-0.15, -0.1) is 11.3 Å². The number of benzene rings is 1. The molecule has 0 saturated heterocycles. The van der Waals surface area contributed by atoms with E-state index in [0.29, 0.717) is 5.01 Å². The van der Waals surface area contributed by atoms with Crippen molar-refractivity contribution in [3.05, 3.63) is 52.0 Å². The average molecular weight is 334 g/mol. The molecule has 1 amide bonds. The number of carbonyl (C=O) groups is 2. The van der Waals surface area contributed by atoms with E-state index in [-0.39, 0.29) is 13.0 Å². The highest BCUT2D eigenvalue weighted by molar-refractivity contribution is 7.11. The Morgan fingerprint density at radius 2 is 2.09 bits per heavy atom. The van der Waals surface area contributed by atoms with Crippen LogP contribution in [0.1, 0.15) is 34.8 Å². The molecule has 1 aromatic heterocycles. The SMILES string of the molecule is CCc1cnc([C@@H](CC(=O)O)NC(=O)OCc2ccccc2)s1. The summed E-state index contributed by atoms with van der Waals surface area (Å²) in [7, 11) is 0. The van der Waals surface area contributed by atoms with E-state index in [1.54, 1.807) is 6.20 Å². The average Bonchev–Trinajstić information content (AvgIpc) is 3.02. The van der Waals surface area contributed by atoms with Crippen molar-refractivity contribution in [3.8, 4) is 0 Å². The zero-order valence-corrected chi connectivity index (χ0v) is 13.5. The van der Waals surface area contributed by atoms with E-state index in [1.165, 1.54) is 11.3 Å². The quantitative estimate of drug-likeness (QED) is 0.812. The molecule has 0 aliphatic heterocycles. The fraction of sp³-hybridized carbons (Fsp3) is 0.312. The number of amides is 1. The van der Waals surface area contributed by atoms with Crippen LogP contribution in [0.5, 0.6) is 0 Å². The molecule has 2 rings (SSSR count). The maximum absolute atomic E-state index is 11.9. The van der Waals surface area contributed by atoms with Crippen LogP contribution in [-0.4, -0.2) is 22.2 Å². The van der Waals surface area contributed by atoms with Gasteiger partial charge in [-0.3, -0.25) is 4.79 Å². The summed E-state index contributed by atoms with van der Waals surface area (Å²) in [5.74, 6) is -1.01. The first-order chi connectivity index (χ1) is 11.1. The lowest BCUT2D eigenvalue weighted by Gasteiger charge is -2.14. The van der Waals surface area contributed by atoms with E-state index in [4.69, 9.17) is 9.84 Å². The minimum Gasteiger partial charge on any atom is -0.481 e. The first-order valence-corrected chi connectivity index (χ1v) is 8.03. The Morgan fingerprint density at radius 1 is 1.35 bits per heavy atom. The number of hydrogen-bond acceptors (Lipinski definition) is 5. The third-order valence-electron chi connectivity index (χ3n) is 3.10. The van der Waals surface area contributed by atoms with E-state index in [2.05, 4.69) is 10.3 Å².